The molecule has 3 N–H and O–H groups in total. The molecule has 1 aliphatic heterocycles. The lowest BCUT2D eigenvalue weighted by atomic mass is 10.1. The summed E-state index contributed by atoms with van der Waals surface area (Å²) in [6.07, 6.45) is 5.25. The van der Waals surface area contributed by atoms with Crippen LogP contribution in [-0.4, -0.2) is 70.0 Å². The van der Waals surface area contributed by atoms with E-state index in [1.807, 2.05) is 60.7 Å². The molecule has 0 spiro atoms. The van der Waals surface area contributed by atoms with E-state index in [0.29, 0.717) is 11.4 Å². The number of aromatic nitrogens is 3. The van der Waals surface area contributed by atoms with Gasteiger partial charge in [-0.1, -0.05) is 18.2 Å². The molecule has 0 aliphatic carbocycles. The molecule has 3 heterocycles. The SMILES string of the molecule is CN1CCN(Cc2ccc(NC(=O)CC(=O)Nc3ccc4c(C=Cc5ccccn5)n[nH]c4c3)cc2)CC1. The van der Waals surface area contributed by atoms with Gasteiger partial charge in [0.05, 0.1) is 16.9 Å². The molecular formula is C29H31N7O2. The lowest BCUT2D eigenvalue weighted by Crippen LogP contribution is -2.43. The van der Waals surface area contributed by atoms with Crippen LogP contribution in [0, 0.1) is 0 Å². The zero-order valence-electron chi connectivity index (χ0n) is 21.4. The van der Waals surface area contributed by atoms with Crippen LogP contribution < -0.4 is 10.6 Å². The van der Waals surface area contributed by atoms with E-state index in [4.69, 9.17) is 0 Å². The number of piperazine rings is 1. The Labute approximate surface area is 221 Å². The second kappa shape index (κ2) is 11.8. The number of benzene rings is 2. The third kappa shape index (κ3) is 6.70. The molecule has 0 saturated carbocycles. The van der Waals surface area contributed by atoms with Crippen molar-refractivity contribution in [3.8, 4) is 0 Å². The van der Waals surface area contributed by atoms with Gasteiger partial charge in [0.15, 0.2) is 0 Å². The molecule has 2 amide bonds. The summed E-state index contributed by atoms with van der Waals surface area (Å²) in [5.74, 6) is -0.748. The Morgan fingerprint density at radius 2 is 1.66 bits per heavy atom. The smallest absolute Gasteiger partial charge is 0.233 e. The minimum Gasteiger partial charge on any atom is -0.326 e. The topological polar surface area (TPSA) is 106 Å². The van der Waals surface area contributed by atoms with Gasteiger partial charge in [0.1, 0.15) is 6.42 Å². The van der Waals surface area contributed by atoms with Crippen LogP contribution >= 0.6 is 0 Å². The Kier molecular flexibility index (Phi) is 7.86. The summed E-state index contributed by atoms with van der Waals surface area (Å²) >= 11 is 0. The predicted molar refractivity (Wildman–Crippen MR) is 150 cm³/mol. The molecule has 0 unspecified atom stereocenters. The van der Waals surface area contributed by atoms with Crippen molar-refractivity contribution in [1.82, 2.24) is 25.0 Å². The van der Waals surface area contributed by atoms with Crippen molar-refractivity contribution in [2.24, 2.45) is 0 Å². The number of pyridine rings is 1. The van der Waals surface area contributed by atoms with E-state index in [2.05, 4.69) is 42.7 Å². The van der Waals surface area contributed by atoms with Gasteiger partial charge in [-0.2, -0.15) is 5.10 Å². The summed E-state index contributed by atoms with van der Waals surface area (Å²) in [4.78, 5) is 34.0. The molecule has 2 aromatic carbocycles. The lowest BCUT2D eigenvalue weighted by molar-refractivity contribution is -0.123. The fourth-order valence-corrected chi connectivity index (χ4v) is 4.40. The van der Waals surface area contributed by atoms with Crippen molar-refractivity contribution in [2.45, 2.75) is 13.0 Å². The second-order valence-corrected chi connectivity index (χ2v) is 9.51. The van der Waals surface area contributed by atoms with E-state index >= 15 is 0 Å². The van der Waals surface area contributed by atoms with Crippen LogP contribution in [0.15, 0.2) is 66.9 Å². The maximum atomic E-state index is 12.5. The minimum absolute atomic E-state index is 0.276. The highest BCUT2D eigenvalue weighted by molar-refractivity contribution is 6.08. The number of hydrogen-bond donors (Lipinski definition) is 3. The molecule has 0 bridgehead atoms. The van der Waals surface area contributed by atoms with Crippen LogP contribution in [0.25, 0.3) is 23.1 Å². The molecule has 4 aromatic rings. The molecule has 9 heteroatoms. The average Bonchev–Trinajstić information content (AvgIpc) is 3.32. The quantitative estimate of drug-likeness (QED) is 0.312. The largest absolute Gasteiger partial charge is 0.326 e. The molecule has 9 nitrogen and oxygen atoms in total. The molecule has 2 aromatic heterocycles. The number of nitrogens with zero attached hydrogens (tertiary/aromatic N) is 4. The van der Waals surface area contributed by atoms with E-state index < -0.39 is 0 Å². The number of nitrogens with one attached hydrogen (secondary N) is 3. The fraction of sp³-hybridized carbons (Fsp3) is 0.241. The highest BCUT2D eigenvalue weighted by Gasteiger charge is 2.14. The Balaban J connectivity index is 1.12. The van der Waals surface area contributed by atoms with Gasteiger partial charge in [-0.25, -0.2) is 0 Å². The number of H-pyrrole nitrogens is 1. The maximum absolute atomic E-state index is 12.5. The molecule has 0 radical (unpaired) electrons. The standard InChI is InChI=1S/C29H31N7O2/c1-35-14-16-36(17-15-35)20-21-5-7-23(8-6-21)31-28(37)19-29(38)32-24-9-11-25-26(33-34-27(25)18-24)12-10-22-4-2-3-13-30-22/h2-13,18H,14-17,19-20H2,1H3,(H,31,37)(H,32,38)(H,33,34). The number of amides is 2. The molecule has 5 rings (SSSR count). The highest BCUT2D eigenvalue weighted by Crippen LogP contribution is 2.22. The molecular weight excluding hydrogens is 478 g/mol. The number of likely N-dealkylation sites (N-methyl/N-ethyl adjacent to an activating group) is 1. The van der Waals surface area contributed by atoms with Gasteiger partial charge in [-0.15, -0.1) is 0 Å². The van der Waals surface area contributed by atoms with Crippen LogP contribution in [0.1, 0.15) is 23.4 Å². The summed E-state index contributed by atoms with van der Waals surface area (Å²) in [5.41, 5.74) is 4.87. The summed E-state index contributed by atoms with van der Waals surface area (Å²) in [6, 6.07) is 19.0. The molecule has 38 heavy (non-hydrogen) atoms. The summed E-state index contributed by atoms with van der Waals surface area (Å²) in [6.45, 7) is 5.17. The number of fused-ring (bicyclic) bond motifs is 1. The Morgan fingerprint density at radius 1 is 0.921 bits per heavy atom. The van der Waals surface area contributed by atoms with Gasteiger partial charge in [-0.05, 0) is 67.2 Å². The summed E-state index contributed by atoms with van der Waals surface area (Å²) in [7, 11) is 2.15. The summed E-state index contributed by atoms with van der Waals surface area (Å²) < 4.78 is 0. The highest BCUT2D eigenvalue weighted by atomic mass is 16.2. The zero-order valence-corrected chi connectivity index (χ0v) is 21.4. The maximum Gasteiger partial charge on any atom is 0.233 e. The third-order valence-electron chi connectivity index (χ3n) is 6.54. The van der Waals surface area contributed by atoms with Crippen LogP contribution in [-0.2, 0) is 16.1 Å². The van der Waals surface area contributed by atoms with Gasteiger partial charge < -0.3 is 15.5 Å². The molecule has 194 valence electrons. The average molecular weight is 510 g/mol. The summed E-state index contributed by atoms with van der Waals surface area (Å²) in [5, 5.41) is 13.9. The number of rotatable bonds is 8. The number of anilines is 2. The van der Waals surface area contributed by atoms with Crippen molar-refractivity contribution in [3.05, 3.63) is 83.8 Å². The van der Waals surface area contributed by atoms with Crippen molar-refractivity contribution >= 4 is 46.2 Å². The van der Waals surface area contributed by atoms with Crippen LogP contribution in [0.3, 0.4) is 0 Å². The first kappa shape index (κ1) is 25.3. The molecule has 1 fully saturated rings. The number of carbonyl (C=O) groups excluding carboxylic acids is 2. The van der Waals surface area contributed by atoms with Crippen LogP contribution in [0.4, 0.5) is 11.4 Å². The first-order valence-corrected chi connectivity index (χ1v) is 12.7. The molecule has 1 aliphatic rings. The van der Waals surface area contributed by atoms with Gasteiger partial charge in [0, 0.05) is 55.7 Å². The first-order chi connectivity index (χ1) is 18.5. The van der Waals surface area contributed by atoms with E-state index in [1.54, 1.807) is 18.3 Å². The van der Waals surface area contributed by atoms with Gasteiger partial charge >= 0.3 is 0 Å². The second-order valence-electron chi connectivity index (χ2n) is 9.51. The van der Waals surface area contributed by atoms with Crippen molar-refractivity contribution < 1.29 is 9.59 Å². The van der Waals surface area contributed by atoms with Crippen molar-refractivity contribution in [2.75, 3.05) is 43.9 Å². The number of aromatic amines is 1. The normalized spacial score (nSPS) is 14.7. The Hall–Kier alpha value is -4.34. The molecule has 0 atom stereocenters. The van der Waals surface area contributed by atoms with Gasteiger partial charge in [0.25, 0.3) is 0 Å². The minimum atomic E-state index is -0.386. The number of hydrogen-bond acceptors (Lipinski definition) is 6. The lowest BCUT2D eigenvalue weighted by Gasteiger charge is -2.32. The van der Waals surface area contributed by atoms with E-state index in [-0.39, 0.29) is 18.2 Å². The fourth-order valence-electron chi connectivity index (χ4n) is 4.40. The monoisotopic (exact) mass is 509 g/mol. The van der Waals surface area contributed by atoms with Gasteiger partial charge in [0.2, 0.25) is 11.8 Å². The Bertz CT molecular complexity index is 1420. The van der Waals surface area contributed by atoms with Crippen LogP contribution in [0.5, 0.6) is 0 Å². The van der Waals surface area contributed by atoms with Crippen LogP contribution in [0.2, 0.25) is 0 Å². The van der Waals surface area contributed by atoms with Gasteiger partial charge in [-0.3, -0.25) is 24.6 Å². The van der Waals surface area contributed by atoms with Crippen molar-refractivity contribution in [1.29, 1.82) is 0 Å². The van der Waals surface area contributed by atoms with E-state index in [0.717, 1.165) is 55.0 Å². The predicted octanol–water partition coefficient (Wildman–Crippen LogP) is 3.84. The third-order valence-corrected chi connectivity index (χ3v) is 6.54. The molecule has 1 saturated heterocycles. The van der Waals surface area contributed by atoms with Crippen molar-refractivity contribution in [3.63, 3.8) is 0 Å². The number of carbonyl (C=O) groups is 2. The van der Waals surface area contributed by atoms with E-state index in [9.17, 15) is 9.59 Å². The zero-order chi connectivity index (χ0) is 26.3. The van der Waals surface area contributed by atoms with E-state index in [1.165, 1.54) is 5.56 Å². The Morgan fingerprint density at radius 3 is 2.39 bits per heavy atom. The first-order valence-electron chi connectivity index (χ1n) is 12.7.